The number of hydrogen-bond donors (Lipinski definition) is 1. The lowest BCUT2D eigenvalue weighted by Gasteiger charge is -2.15. The van der Waals surface area contributed by atoms with Gasteiger partial charge in [-0.2, -0.15) is 26.4 Å². The molecule has 0 fully saturated rings. The standard InChI is InChI=1S/C23H17ClF3NO.HNO2S/c24-19-13-14-21(23(25,26)27)20(16-19)22(18-11-5-2-6-12-18)28-29-15-7-10-17-8-3-1-4-9-17;1-4(2)3/h1-14,16H,15H2;1H/b10-7+,28-22+;. The fourth-order valence-electron chi connectivity index (χ4n) is 2.71. The summed E-state index contributed by atoms with van der Waals surface area (Å²) in [7, 11) is -2.61. The van der Waals surface area contributed by atoms with Crippen molar-refractivity contribution in [2.45, 2.75) is 6.18 Å². The van der Waals surface area contributed by atoms with Gasteiger partial charge in [-0.05, 0) is 29.8 Å². The predicted molar refractivity (Wildman–Crippen MR) is 122 cm³/mol. The van der Waals surface area contributed by atoms with E-state index in [0.29, 0.717) is 5.56 Å². The van der Waals surface area contributed by atoms with Crippen LogP contribution in [0.3, 0.4) is 0 Å². The van der Waals surface area contributed by atoms with E-state index < -0.39 is 22.2 Å². The third kappa shape index (κ3) is 8.91. The minimum Gasteiger partial charge on any atom is -0.391 e. The third-order valence-corrected chi connectivity index (χ3v) is 4.26. The van der Waals surface area contributed by atoms with Crippen molar-refractivity contribution < 1.29 is 26.4 Å². The van der Waals surface area contributed by atoms with Crippen LogP contribution in [0.4, 0.5) is 13.2 Å². The Morgan fingerprint density at radius 2 is 1.58 bits per heavy atom. The lowest BCUT2D eigenvalue weighted by molar-refractivity contribution is -0.137. The highest BCUT2D eigenvalue weighted by atomic mass is 35.5. The normalized spacial score (nSPS) is 11.6. The zero-order valence-electron chi connectivity index (χ0n) is 17.0. The molecule has 33 heavy (non-hydrogen) atoms. The molecule has 0 amide bonds. The van der Waals surface area contributed by atoms with Crippen molar-refractivity contribution >= 4 is 33.9 Å². The molecular formula is C23H18ClF3N2O3S. The van der Waals surface area contributed by atoms with Crippen LogP contribution in [0.15, 0.2) is 90.1 Å². The maximum atomic E-state index is 13.5. The van der Waals surface area contributed by atoms with Crippen LogP contribution in [0.2, 0.25) is 5.02 Å². The molecule has 0 aliphatic heterocycles. The topological polar surface area (TPSA) is 79.6 Å². The van der Waals surface area contributed by atoms with Gasteiger partial charge in [-0.25, -0.2) is 0 Å². The number of nitrogens with one attached hydrogen (secondary N) is 1. The van der Waals surface area contributed by atoms with Crippen LogP contribution in [-0.2, 0) is 21.5 Å². The predicted octanol–water partition coefficient (Wildman–Crippen LogP) is 6.47. The van der Waals surface area contributed by atoms with Crippen LogP contribution in [0.5, 0.6) is 0 Å². The molecule has 3 rings (SSSR count). The lowest BCUT2D eigenvalue weighted by Crippen LogP contribution is -2.15. The first-order chi connectivity index (χ1) is 15.7. The van der Waals surface area contributed by atoms with E-state index in [1.165, 1.54) is 12.1 Å². The van der Waals surface area contributed by atoms with Gasteiger partial charge in [-0.3, -0.25) is 0 Å². The Morgan fingerprint density at radius 3 is 2.15 bits per heavy atom. The van der Waals surface area contributed by atoms with E-state index in [2.05, 4.69) is 5.16 Å². The maximum Gasteiger partial charge on any atom is 0.417 e. The van der Waals surface area contributed by atoms with Gasteiger partial charge in [0.05, 0.1) is 5.56 Å². The Hall–Kier alpha value is -3.43. The molecule has 5 nitrogen and oxygen atoms in total. The van der Waals surface area contributed by atoms with Gasteiger partial charge in [-0.1, -0.05) is 83.5 Å². The third-order valence-electron chi connectivity index (χ3n) is 4.03. The Kier molecular flexibility index (Phi) is 9.84. The van der Waals surface area contributed by atoms with Crippen LogP contribution in [0.25, 0.3) is 6.08 Å². The van der Waals surface area contributed by atoms with Crippen LogP contribution >= 0.6 is 11.6 Å². The number of rotatable bonds is 6. The summed E-state index contributed by atoms with van der Waals surface area (Å²) in [5.41, 5.74) is 0.578. The van der Waals surface area contributed by atoms with Crippen molar-refractivity contribution in [3.05, 3.63) is 112 Å². The molecule has 0 aliphatic rings. The van der Waals surface area contributed by atoms with Crippen molar-refractivity contribution in [3.63, 3.8) is 0 Å². The molecule has 1 N–H and O–H groups in total. The summed E-state index contributed by atoms with van der Waals surface area (Å²) in [6, 6.07) is 21.5. The van der Waals surface area contributed by atoms with Gasteiger partial charge in [0.25, 0.3) is 0 Å². The molecule has 0 aliphatic carbocycles. The smallest absolute Gasteiger partial charge is 0.391 e. The van der Waals surface area contributed by atoms with Gasteiger partial charge in [0.1, 0.15) is 12.3 Å². The van der Waals surface area contributed by atoms with Crippen molar-refractivity contribution in [2.75, 3.05) is 6.61 Å². The van der Waals surface area contributed by atoms with Crippen LogP contribution in [-0.4, -0.2) is 20.7 Å². The molecule has 3 aromatic rings. The molecule has 0 radical (unpaired) electrons. The Morgan fingerprint density at radius 1 is 1.00 bits per heavy atom. The SMILES string of the molecule is FC(F)(F)c1ccc(Cl)cc1/C(=N/OC/C=C/c1ccccc1)c1ccccc1.N=S(=O)=O. The number of benzene rings is 3. The van der Waals surface area contributed by atoms with Crippen LogP contribution in [0.1, 0.15) is 22.3 Å². The van der Waals surface area contributed by atoms with E-state index in [0.717, 1.165) is 11.6 Å². The molecule has 0 saturated carbocycles. The molecule has 0 aromatic heterocycles. The zero-order chi connectivity index (χ0) is 24.3. The highest BCUT2D eigenvalue weighted by Crippen LogP contribution is 2.34. The zero-order valence-corrected chi connectivity index (χ0v) is 18.5. The average molecular weight is 495 g/mol. The molecular weight excluding hydrogens is 477 g/mol. The second-order valence-corrected chi connectivity index (χ2v) is 7.24. The molecule has 10 heteroatoms. The second kappa shape index (κ2) is 12.6. The van der Waals surface area contributed by atoms with Crippen LogP contribution in [0, 0.1) is 4.78 Å². The van der Waals surface area contributed by atoms with E-state index in [1.54, 1.807) is 36.4 Å². The van der Waals surface area contributed by atoms with Gasteiger partial charge < -0.3 is 4.84 Å². The van der Waals surface area contributed by atoms with E-state index in [4.69, 9.17) is 29.6 Å². The largest absolute Gasteiger partial charge is 0.417 e. The lowest BCUT2D eigenvalue weighted by atomic mass is 9.97. The minimum absolute atomic E-state index is 0.0635. The molecule has 0 heterocycles. The molecule has 0 atom stereocenters. The number of alkyl halides is 3. The van der Waals surface area contributed by atoms with Crippen molar-refractivity contribution in [1.82, 2.24) is 0 Å². The first-order valence-corrected chi connectivity index (χ1v) is 10.8. The van der Waals surface area contributed by atoms with Gasteiger partial charge in [0.15, 0.2) is 0 Å². The number of hydrogen-bond acceptors (Lipinski definition) is 5. The van der Waals surface area contributed by atoms with Gasteiger partial charge in [0, 0.05) is 16.1 Å². The summed E-state index contributed by atoms with van der Waals surface area (Å²) < 4.78 is 63.4. The minimum atomic E-state index is -4.55. The van der Waals surface area contributed by atoms with Crippen molar-refractivity contribution in [2.24, 2.45) is 5.16 Å². The second-order valence-electron chi connectivity index (χ2n) is 6.34. The molecule has 0 unspecified atom stereocenters. The first-order valence-electron chi connectivity index (χ1n) is 9.33. The average Bonchev–Trinajstić information content (AvgIpc) is 2.76. The number of nitrogens with zero attached hydrogens (tertiary/aromatic N) is 1. The fourth-order valence-corrected chi connectivity index (χ4v) is 2.88. The summed E-state index contributed by atoms with van der Waals surface area (Å²) in [6.07, 6.45) is -0.967. The number of oxime groups is 1. The van der Waals surface area contributed by atoms with E-state index in [9.17, 15) is 13.2 Å². The van der Waals surface area contributed by atoms with E-state index in [-0.39, 0.29) is 22.9 Å². The molecule has 0 spiro atoms. The monoisotopic (exact) mass is 494 g/mol. The Labute approximate surface area is 195 Å². The molecule has 3 aromatic carbocycles. The quantitative estimate of drug-likeness (QED) is 0.242. The summed E-state index contributed by atoms with van der Waals surface area (Å²) >= 11 is 5.98. The number of halogens is 4. The first kappa shape index (κ1) is 25.8. The maximum absolute atomic E-state index is 13.5. The summed E-state index contributed by atoms with van der Waals surface area (Å²) in [5, 5.41) is 4.20. The summed E-state index contributed by atoms with van der Waals surface area (Å²) in [4.78, 5) is 5.32. The van der Waals surface area contributed by atoms with Crippen LogP contribution < -0.4 is 0 Å². The summed E-state index contributed by atoms with van der Waals surface area (Å²) in [5.74, 6) is 0. The summed E-state index contributed by atoms with van der Waals surface area (Å²) in [6.45, 7) is 0.104. The Balaban J connectivity index is 0.000000890. The fraction of sp³-hybridized carbons (Fsp3) is 0.0870. The van der Waals surface area contributed by atoms with E-state index >= 15 is 0 Å². The van der Waals surface area contributed by atoms with Gasteiger partial charge in [0.2, 0.25) is 0 Å². The van der Waals surface area contributed by atoms with Gasteiger partial charge >= 0.3 is 16.7 Å². The molecule has 172 valence electrons. The van der Waals surface area contributed by atoms with E-state index in [1.807, 2.05) is 36.4 Å². The van der Waals surface area contributed by atoms with Crippen molar-refractivity contribution in [3.8, 4) is 0 Å². The van der Waals surface area contributed by atoms with Crippen molar-refractivity contribution in [1.29, 1.82) is 4.78 Å². The molecule has 0 bridgehead atoms. The Bertz CT molecular complexity index is 1210. The highest BCUT2D eigenvalue weighted by molar-refractivity contribution is 7.60. The molecule has 0 saturated heterocycles. The highest BCUT2D eigenvalue weighted by Gasteiger charge is 2.35. The van der Waals surface area contributed by atoms with Gasteiger partial charge in [-0.15, -0.1) is 0 Å².